The molecule has 1 atom stereocenters. The number of benzene rings is 1. The highest BCUT2D eigenvalue weighted by molar-refractivity contribution is 7.84. The maximum Gasteiger partial charge on any atom is 0.230 e. The van der Waals surface area contributed by atoms with E-state index in [2.05, 4.69) is 5.32 Å². The number of hydrogen-bond donors (Lipinski definition) is 1. The summed E-state index contributed by atoms with van der Waals surface area (Å²) in [6.07, 6.45) is 4.17. The van der Waals surface area contributed by atoms with Crippen LogP contribution in [-0.4, -0.2) is 29.6 Å². The van der Waals surface area contributed by atoms with Crippen LogP contribution in [0, 0.1) is 5.41 Å². The first kappa shape index (κ1) is 17.2. The molecule has 1 aromatic rings. The average Bonchev–Trinajstić information content (AvgIpc) is 2.94. The Kier molecular flexibility index (Phi) is 6.15. The normalized spacial score (nSPS) is 18.1. The number of nitrogens with one attached hydrogen (secondary N) is 1. The molecule has 1 aliphatic rings. The Morgan fingerprint density at radius 1 is 1.36 bits per heavy atom. The third kappa shape index (κ3) is 4.65. The zero-order chi connectivity index (χ0) is 16.0. The molecule has 1 aromatic carbocycles. The number of amides is 1. The summed E-state index contributed by atoms with van der Waals surface area (Å²) in [5, 5.41) is 3.02. The smallest absolute Gasteiger partial charge is 0.230 e. The van der Waals surface area contributed by atoms with Crippen LogP contribution < -0.4 is 5.32 Å². The molecule has 0 bridgehead atoms. The van der Waals surface area contributed by atoms with Gasteiger partial charge in [0, 0.05) is 40.5 Å². The van der Waals surface area contributed by atoms with E-state index in [1.165, 1.54) is 0 Å². The second-order valence-electron chi connectivity index (χ2n) is 6.20. The third-order valence-electron chi connectivity index (χ3n) is 4.28. The van der Waals surface area contributed by atoms with Crippen molar-refractivity contribution in [1.29, 1.82) is 0 Å². The number of ether oxygens (including phenoxy) is 1. The van der Waals surface area contributed by atoms with Gasteiger partial charge in [0.25, 0.3) is 0 Å². The molecule has 0 spiro atoms. The number of methoxy groups -OCH3 is 1. The van der Waals surface area contributed by atoms with Gasteiger partial charge in [-0.2, -0.15) is 0 Å². The topological polar surface area (TPSA) is 55.4 Å². The van der Waals surface area contributed by atoms with Crippen molar-refractivity contribution < 1.29 is 13.7 Å². The fourth-order valence-electron chi connectivity index (χ4n) is 2.84. The Morgan fingerprint density at radius 3 is 2.77 bits per heavy atom. The van der Waals surface area contributed by atoms with Crippen molar-refractivity contribution in [3.63, 3.8) is 0 Å². The minimum Gasteiger partial charge on any atom is -0.384 e. The van der Waals surface area contributed by atoms with Gasteiger partial charge in [0.05, 0.1) is 6.61 Å². The quantitative estimate of drug-likeness (QED) is 0.839. The molecule has 1 fully saturated rings. The zero-order valence-electron chi connectivity index (χ0n) is 13.4. The Labute approximate surface area is 135 Å². The maximum atomic E-state index is 12.4. The highest BCUT2D eigenvalue weighted by atomic mass is 32.2. The number of rotatable bonds is 7. The fraction of sp³-hybridized carbons (Fsp3) is 0.588. The van der Waals surface area contributed by atoms with E-state index in [9.17, 15) is 9.00 Å². The van der Waals surface area contributed by atoms with Gasteiger partial charge >= 0.3 is 0 Å². The van der Waals surface area contributed by atoms with Crippen LogP contribution in [0.25, 0.3) is 0 Å². The van der Waals surface area contributed by atoms with Crippen molar-refractivity contribution >= 4 is 22.4 Å². The van der Waals surface area contributed by atoms with E-state index in [0.717, 1.165) is 36.9 Å². The Hall–Kier alpha value is -1.20. The first-order valence-electron chi connectivity index (χ1n) is 7.78. The molecule has 0 aromatic heterocycles. The van der Waals surface area contributed by atoms with Crippen LogP contribution in [0.5, 0.6) is 0 Å². The first-order valence-corrected chi connectivity index (χ1v) is 9.27. The molecule has 4 nitrogen and oxygen atoms in total. The van der Waals surface area contributed by atoms with Crippen LogP contribution in [0.2, 0.25) is 0 Å². The van der Waals surface area contributed by atoms with E-state index >= 15 is 0 Å². The summed E-state index contributed by atoms with van der Waals surface area (Å²) in [4.78, 5) is 12.4. The predicted molar refractivity (Wildman–Crippen MR) is 90.2 cm³/mol. The molecular formula is C17H25NO3S. The van der Waals surface area contributed by atoms with Crippen molar-refractivity contribution in [3.8, 4) is 0 Å². The highest BCUT2D eigenvalue weighted by Crippen LogP contribution is 2.38. The van der Waals surface area contributed by atoms with Crippen molar-refractivity contribution in [1.82, 2.24) is 0 Å². The summed E-state index contributed by atoms with van der Waals surface area (Å²) in [6.45, 7) is 2.54. The summed E-state index contributed by atoms with van der Waals surface area (Å²) in [5.41, 5.74) is 1.53. The number of carbonyl (C=O) groups excluding carboxylic acids is 1. The standard InChI is InChI=1S/C17H25NO3S/c1-17(8-3-4-9-17)16(19)18-15-7-5-6-14(12-15)13-22(20)11-10-21-2/h5-7,12H,3-4,8-11,13H2,1-2H3,(H,18,19)/t22-/m0/s1. The molecule has 0 unspecified atom stereocenters. The van der Waals surface area contributed by atoms with Crippen LogP contribution in [0.15, 0.2) is 24.3 Å². The van der Waals surface area contributed by atoms with Crippen molar-refractivity contribution in [3.05, 3.63) is 29.8 Å². The first-order chi connectivity index (χ1) is 10.5. The van der Waals surface area contributed by atoms with Crippen molar-refractivity contribution in [2.75, 3.05) is 24.8 Å². The van der Waals surface area contributed by atoms with Gasteiger partial charge in [-0.1, -0.05) is 31.9 Å². The molecule has 0 radical (unpaired) electrons. The molecule has 122 valence electrons. The highest BCUT2D eigenvalue weighted by Gasteiger charge is 2.36. The lowest BCUT2D eigenvalue weighted by molar-refractivity contribution is -0.124. The fourth-order valence-corrected chi connectivity index (χ4v) is 3.89. The van der Waals surface area contributed by atoms with Gasteiger partial charge in [-0.3, -0.25) is 9.00 Å². The summed E-state index contributed by atoms with van der Waals surface area (Å²) in [6, 6.07) is 7.64. The van der Waals surface area contributed by atoms with Crippen LogP contribution in [0.1, 0.15) is 38.2 Å². The van der Waals surface area contributed by atoms with E-state index in [1.54, 1.807) is 7.11 Å². The molecule has 2 rings (SSSR count). The largest absolute Gasteiger partial charge is 0.384 e. The summed E-state index contributed by atoms with van der Waals surface area (Å²) >= 11 is 0. The predicted octanol–water partition coefficient (Wildman–Crippen LogP) is 3.10. The molecule has 1 N–H and O–H groups in total. The molecule has 1 saturated carbocycles. The summed E-state index contributed by atoms with van der Waals surface area (Å²) in [7, 11) is 0.668. The molecule has 0 heterocycles. The molecule has 5 heteroatoms. The summed E-state index contributed by atoms with van der Waals surface area (Å²) in [5.74, 6) is 1.12. The average molecular weight is 323 g/mol. The number of hydrogen-bond acceptors (Lipinski definition) is 3. The van der Waals surface area contributed by atoms with Crippen LogP contribution in [-0.2, 0) is 26.1 Å². The van der Waals surface area contributed by atoms with Crippen LogP contribution in [0.3, 0.4) is 0 Å². The van der Waals surface area contributed by atoms with Crippen LogP contribution >= 0.6 is 0 Å². The van der Waals surface area contributed by atoms with Gasteiger partial charge < -0.3 is 10.1 Å². The molecule has 1 amide bonds. The Balaban J connectivity index is 1.96. The Morgan fingerprint density at radius 2 is 2.09 bits per heavy atom. The van der Waals surface area contributed by atoms with Gasteiger partial charge in [0.1, 0.15) is 0 Å². The van der Waals surface area contributed by atoms with Crippen LogP contribution in [0.4, 0.5) is 5.69 Å². The summed E-state index contributed by atoms with van der Waals surface area (Å²) < 4.78 is 16.9. The van der Waals surface area contributed by atoms with Crippen molar-refractivity contribution in [2.24, 2.45) is 5.41 Å². The van der Waals surface area contributed by atoms with Gasteiger partial charge in [0.15, 0.2) is 0 Å². The van der Waals surface area contributed by atoms with E-state index in [-0.39, 0.29) is 11.3 Å². The maximum absolute atomic E-state index is 12.4. The second-order valence-corrected chi connectivity index (χ2v) is 7.78. The van der Waals surface area contributed by atoms with E-state index in [4.69, 9.17) is 4.74 Å². The zero-order valence-corrected chi connectivity index (χ0v) is 14.2. The molecular weight excluding hydrogens is 298 g/mol. The monoisotopic (exact) mass is 323 g/mol. The van der Waals surface area contributed by atoms with Gasteiger partial charge in [-0.05, 0) is 30.5 Å². The van der Waals surface area contributed by atoms with Gasteiger partial charge in [-0.25, -0.2) is 0 Å². The van der Waals surface area contributed by atoms with E-state index in [1.807, 2.05) is 31.2 Å². The molecule has 1 aliphatic carbocycles. The second kappa shape index (κ2) is 7.88. The third-order valence-corrected chi connectivity index (χ3v) is 5.56. The SMILES string of the molecule is COCC[S@](=O)Cc1cccc(NC(=O)C2(C)CCCC2)c1. The lowest BCUT2D eigenvalue weighted by Crippen LogP contribution is -2.30. The van der Waals surface area contributed by atoms with Gasteiger partial charge in [-0.15, -0.1) is 0 Å². The number of anilines is 1. The van der Waals surface area contributed by atoms with Gasteiger partial charge in [0.2, 0.25) is 5.91 Å². The Bertz CT molecular complexity index is 538. The molecule has 22 heavy (non-hydrogen) atoms. The minimum absolute atomic E-state index is 0.0997. The number of carbonyl (C=O) groups is 1. The lowest BCUT2D eigenvalue weighted by atomic mass is 9.88. The van der Waals surface area contributed by atoms with E-state index in [0.29, 0.717) is 18.1 Å². The lowest BCUT2D eigenvalue weighted by Gasteiger charge is -2.22. The van der Waals surface area contributed by atoms with Crippen molar-refractivity contribution in [2.45, 2.75) is 38.4 Å². The molecule has 0 saturated heterocycles. The molecule has 0 aliphatic heterocycles. The minimum atomic E-state index is -0.940. The van der Waals surface area contributed by atoms with E-state index < -0.39 is 10.8 Å².